The summed E-state index contributed by atoms with van der Waals surface area (Å²) >= 11 is 0. The maximum Gasteiger partial charge on any atom is 0.224 e. The van der Waals surface area contributed by atoms with E-state index in [2.05, 4.69) is 10.2 Å². The Morgan fingerprint density at radius 3 is 2.38 bits per heavy atom. The third-order valence-electron chi connectivity index (χ3n) is 4.51. The van der Waals surface area contributed by atoms with Crippen LogP contribution in [0.1, 0.15) is 32.1 Å². The maximum atomic E-state index is 12.1. The van der Waals surface area contributed by atoms with E-state index in [9.17, 15) is 9.59 Å². The highest BCUT2D eigenvalue weighted by molar-refractivity contribution is 5.80. The molecule has 2 amide bonds. The molecule has 0 aromatic carbocycles. The molecule has 1 saturated heterocycles. The highest BCUT2D eigenvalue weighted by Crippen LogP contribution is 2.24. The molecule has 0 atom stereocenters. The van der Waals surface area contributed by atoms with Crippen molar-refractivity contribution in [1.82, 2.24) is 15.1 Å². The lowest BCUT2D eigenvalue weighted by Gasteiger charge is -2.34. The second-order valence-electron chi connectivity index (χ2n) is 5.97. The number of nitrogens with zero attached hydrogens (tertiary/aromatic N) is 2. The minimum absolute atomic E-state index is 0.116. The Labute approximate surface area is 126 Å². The van der Waals surface area contributed by atoms with Crippen LogP contribution in [0.5, 0.6) is 0 Å². The summed E-state index contributed by atoms with van der Waals surface area (Å²) in [5.41, 5.74) is 0. The van der Waals surface area contributed by atoms with E-state index >= 15 is 0 Å². The van der Waals surface area contributed by atoms with E-state index in [0.717, 1.165) is 51.9 Å². The third kappa shape index (κ3) is 4.97. The Kier molecular flexibility index (Phi) is 6.45. The van der Waals surface area contributed by atoms with E-state index in [-0.39, 0.29) is 24.3 Å². The Morgan fingerprint density at radius 2 is 1.76 bits per heavy atom. The minimum Gasteiger partial charge on any atom is -0.395 e. The zero-order valence-corrected chi connectivity index (χ0v) is 12.7. The topological polar surface area (TPSA) is 72.9 Å². The van der Waals surface area contributed by atoms with Crippen LogP contribution in [-0.2, 0) is 9.59 Å². The number of amides is 2. The highest BCUT2D eigenvalue weighted by atomic mass is 16.3. The van der Waals surface area contributed by atoms with E-state index in [1.807, 2.05) is 4.90 Å². The summed E-state index contributed by atoms with van der Waals surface area (Å²) in [6, 6.07) is 0. The molecule has 2 N–H and O–H groups in total. The number of aliphatic hydroxyl groups is 1. The number of carbonyl (C=O) groups excluding carboxylic acids is 2. The van der Waals surface area contributed by atoms with Gasteiger partial charge in [0.25, 0.3) is 0 Å². The molecule has 0 bridgehead atoms. The molecule has 1 saturated carbocycles. The Hall–Kier alpha value is -1.14. The van der Waals surface area contributed by atoms with Gasteiger partial charge in [0.1, 0.15) is 0 Å². The summed E-state index contributed by atoms with van der Waals surface area (Å²) in [5, 5.41) is 11.8. The fourth-order valence-corrected chi connectivity index (χ4v) is 3.15. The molecule has 6 heteroatoms. The Balaban J connectivity index is 1.60. The fourth-order valence-electron chi connectivity index (χ4n) is 3.15. The van der Waals surface area contributed by atoms with Crippen molar-refractivity contribution in [1.29, 1.82) is 0 Å². The second-order valence-corrected chi connectivity index (χ2v) is 5.97. The zero-order valence-electron chi connectivity index (χ0n) is 12.7. The molecule has 2 rings (SSSR count). The molecule has 2 aliphatic rings. The smallest absolute Gasteiger partial charge is 0.224 e. The molecular formula is C15H27N3O3. The molecule has 6 nitrogen and oxygen atoms in total. The SMILES string of the molecule is O=C(NCCC(=O)N1CCN(CCO)CC1)C1CCCC1. The van der Waals surface area contributed by atoms with Crippen LogP contribution in [0, 0.1) is 5.92 Å². The van der Waals surface area contributed by atoms with E-state index in [1.54, 1.807) is 0 Å². The van der Waals surface area contributed by atoms with Gasteiger partial charge in [-0.3, -0.25) is 14.5 Å². The molecular weight excluding hydrogens is 270 g/mol. The van der Waals surface area contributed by atoms with E-state index in [1.165, 1.54) is 0 Å². The third-order valence-corrected chi connectivity index (χ3v) is 4.51. The van der Waals surface area contributed by atoms with Crippen molar-refractivity contribution >= 4 is 11.8 Å². The maximum absolute atomic E-state index is 12.1. The molecule has 0 unspecified atom stereocenters. The number of carbonyl (C=O) groups is 2. The monoisotopic (exact) mass is 297 g/mol. The number of nitrogens with one attached hydrogen (secondary N) is 1. The first-order valence-electron chi connectivity index (χ1n) is 8.09. The van der Waals surface area contributed by atoms with Crippen LogP contribution in [-0.4, -0.2) is 72.6 Å². The fraction of sp³-hybridized carbons (Fsp3) is 0.867. The van der Waals surface area contributed by atoms with Gasteiger partial charge in [0, 0.05) is 51.6 Å². The molecule has 120 valence electrons. The quantitative estimate of drug-likeness (QED) is 0.713. The molecule has 1 heterocycles. The molecule has 21 heavy (non-hydrogen) atoms. The number of hydrogen-bond donors (Lipinski definition) is 2. The van der Waals surface area contributed by atoms with Crippen LogP contribution in [0.25, 0.3) is 0 Å². The normalized spacial score (nSPS) is 20.7. The summed E-state index contributed by atoms with van der Waals surface area (Å²) in [7, 11) is 0. The van der Waals surface area contributed by atoms with Crippen LogP contribution in [0.15, 0.2) is 0 Å². The Morgan fingerprint density at radius 1 is 1.10 bits per heavy atom. The van der Waals surface area contributed by atoms with Crippen molar-refractivity contribution in [2.24, 2.45) is 5.92 Å². The lowest BCUT2D eigenvalue weighted by atomic mass is 10.1. The van der Waals surface area contributed by atoms with E-state index in [4.69, 9.17) is 5.11 Å². The van der Waals surface area contributed by atoms with Crippen LogP contribution >= 0.6 is 0 Å². The Bertz CT molecular complexity index is 348. The second kappa shape index (κ2) is 8.34. The lowest BCUT2D eigenvalue weighted by molar-refractivity contribution is -0.133. The van der Waals surface area contributed by atoms with Crippen molar-refractivity contribution < 1.29 is 14.7 Å². The lowest BCUT2D eigenvalue weighted by Crippen LogP contribution is -2.49. The van der Waals surface area contributed by atoms with Gasteiger partial charge in [0.2, 0.25) is 11.8 Å². The number of hydrogen-bond acceptors (Lipinski definition) is 4. The molecule has 0 aromatic rings. The first-order valence-corrected chi connectivity index (χ1v) is 8.09. The van der Waals surface area contributed by atoms with E-state index < -0.39 is 0 Å². The first-order chi connectivity index (χ1) is 10.2. The van der Waals surface area contributed by atoms with Crippen molar-refractivity contribution in [3.63, 3.8) is 0 Å². The van der Waals surface area contributed by atoms with Crippen LogP contribution in [0.3, 0.4) is 0 Å². The number of rotatable bonds is 6. The molecule has 2 fully saturated rings. The first kappa shape index (κ1) is 16.2. The summed E-state index contributed by atoms with van der Waals surface area (Å²) in [4.78, 5) is 27.9. The van der Waals surface area contributed by atoms with Gasteiger partial charge < -0.3 is 15.3 Å². The molecule has 0 radical (unpaired) electrons. The molecule has 0 aromatic heterocycles. The minimum atomic E-state index is 0.116. The van der Waals surface area contributed by atoms with Crippen molar-refractivity contribution in [2.75, 3.05) is 45.9 Å². The summed E-state index contributed by atoms with van der Waals surface area (Å²) in [5.74, 6) is 0.403. The number of β-amino-alcohol motifs (C(OH)–C–C–N with tert-alkyl or cyclic N) is 1. The van der Waals surface area contributed by atoms with Crippen molar-refractivity contribution in [3.8, 4) is 0 Å². The van der Waals surface area contributed by atoms with Crippen molar-refractivity contribution in [3.05, 3.63) is 0 Å². The zero-order chi connectivity index (χ0) is 15.1. The van der Waals surface area contributed by atoms with Gasteiger partial charge in [-0.2, -0.15) is 0 Å². The predicted molar refractivity (Wildman–Crippen MR) is 79.7 cm³/mol. The van der Waals surface area contributed by atoms with Gasteiger partial charge in [-0.05, 0) is 12.8 Å². The van der Waals surface area contributed by atoms with Crippen LogP contribution in [0.2, 0.25) is 0 Å². The standard InChI is InChI=1S/C15H27N3O3/c19-12-11-17-7-9-18(10-8-17)14(20)5-6-16-15(21)13-3-1-2-4-13/h13,19H,1-12H2,(H,16,21). The van der Waals surface area contributed by atoms with Crippen LogP contribution in [0.4, 0.5) is 0 Å². The average molecular weight is 297 g/mol. The summed E-state index contributed by atoms with van der Waals surface area (Å²) in [6.45, 7) is 4.37. The molecule has 1 aliphatic heterocycles. The highest BCUT2D eigenvalue weighted by Gasteiger charge is 2.23. The van der Waals surface area contributed by atoms with Crippen molar-refractivity contribution in [2.45, 2.75) is 32.1 Å². The van der Waals surface area contributed by atoms with E-state index in [0.29, 0.717) is 19.5 Å². The van der Waals surface area contributed by atoms with Gasteiger partial charge >= 0.3 is 0 Å². The summed E-state index contributed by atoms with van der Waals surface area (Å²) < 4.78 is 0. The predicted octanol–water partition coefficient (Wildman–Crippen LogP) is -0.181. The number of piperazine rings is 1. The van der Waals surface area contributed by atoms with Gasteiger partial charge in [-0.15, -0.1) is 0 Å². The average Bonchev–Trinajstić information content (AvgIpc) is 3.02. The van der Waals surface area contributed by atoms with Gasteiger partial charge in [0.05, 0.1) is 6.61 Å². The van der Waals surface area contributed by atoms with Crippen LogP contribution < -0.4 is 5.32 Å². The molecule has 0 spiro atoms. The van der Waals surface area contributed by atoms with Gasteiger partial charge in [0.15, 0.2) is 0 Å². The van der Waals surface area contributed by atoms with Gasteiger partial charge in [-0.1, -0.05) is 12.8 Å². The number of aliphatic hydroxyl groups excluding tert-OH is 1. The molecule has 1 aliphatic carbocycles. The van der Waals surface area contributed by atoms with Gasteiger partial charge in [-0.25, -0.2) is 0 Å². The largest absolute Gasteiger partial charge is 0.395 e. The summed E-state index contributed by atoms with van der Waals surface area (Å²) in [6.07, 6.45) is 4.67.